The van der Waals surface area contributed by atoms with Crippen LogP contribution in [0.25, 0.3) is 0 Å². The fraction of sp³-hybridized carbons (Fsp3) is 0.455. The molecular weight excluding hydrogens is 224 g/mol. The van der Waals surface area contributed by atoms with Gasteiger partial charge in [0.05, 0.1) is 5.25 Å². The van der Waals surface area contributed by atoms with Crippen LogP contribution in [0.2, 0.25) is 0 Å². The van der Waals surface area contributed by atoms with Crippen molar-refractivity contribution in [2.45, 2.75) is 25.5 Å². The average Bonchev–Trinajstić information content (AvgIpc) is 2.28. The lowest BCUT2D eigenvalue weighted by atomic mass is 10.2. The lowest BCUT2D eigenvalue weighted by Crippen LogP contribution is -2.31. The van der Waals surface area contributed by atoms with Gasteiger partial charge < -0.3 is 5.73 Å². The summed E-state index contributed by atoms with van der Waals surface area (Å²) in [6, 6.07) is 7.34. The van der Waals surface area contributed by atoms with Crippen LogP contribution in [-0.2, 0) is 16.4 Å². The van der Waals surface area contributed by atoms with Crippen LogP contribution in [0.1, 0.15) is 19.4 Å². The first-order chi connectivity index (χ1) is 7.49. The fourth-order valence-corrected chi connectivity index (χ4v) is 2.12. The summed E-state index contributed by atoms with van der Waals surface area (Å²) in [6.07, 6.45) is 0.937. The lowest BCUT2D eigenvalue weighted by Gasteiger charge is -2.13. The van der Waals surface area contributed by atoms with Crippen molar-refractivity contribution < 1.29 is 8.42 Å². The van der Waals surface area contributed by atoms with Gasteiger partial charge in [0.1, 0.15) is 0 Å². The second kappa shape index (κ2) is 5.32. The Balaban J connectivity index is 2.80. The predicted octanol–water partition coefficient (Wildman–Crippen LogP) is 1.34. The molecule has 0 spiro atoms. The maximum absolute atomic E-state index is 11.7. The Morgan fingerprint density at radius 2 is 1.88 bits per heavy atom. The van der Waals surface area contributed by atoms with Crippen LogP contribution in [0.4, 0.5) is 5.69 Å². The van der Waals surface area contributed by atoms with Gasteiger partial charge in [-0.1, -0.05) is 19.1 Å². The van der Waals surface area contributed by atoms with Gasteiger partial charge in [0.15, 0.2) is 0 Å². The molecular formula is C11H18N2O2S. The van der Waals surface area contributed by atoms with Crippen LogP contribution >= 0.6 is 0 Å². The van der Waals surface area contributed by atoms with E-state index in [9.17, 15) is 8.42 Å². The summed E-state index contributed by atoms with van der Waals surface area (Å²) in [5, 5.41) is -0.585. The number of hydrogen-bond acceptors (Lipinski definition) is 3. The molecule has 0 aliphatic carbocycles. The molecule has 0 fully saturated rings. The molecule has 5 heteroatoms. The molecule has 0 amide bonds. The Hall–Kier alpha value is -1.07. The smallest absolute Gasteiger partial charge is 0.236 e. The third-order valence-electron chi connectivity index (χ3n) is 2.48. The first-order valence-electron chi connectivity index (χ1n) is 5.30. The average molecular weight is 242 g/mol. The summed E-state index contributed by atoms with van der Waals surface area (Å²) >= 11 is 0. The molecule has 0 aliphatic heterocycles. The number of hydrogen-bond donors (Lipinski definition) is 2. The largest absolute Gasteiger partial charge is 0.329 e. The van der Waals surface area contributed by atoms with Crippen molar-refractivity contribution in [3.63, 3.8) is 0 Å². The van der Waals surface area contributed by atoms with Gasteiger partial charge in [0, 0.05) is 12.2 Å². The van der Waals surface area contributed by atoms with Gasteiger partial charge in [-0.2, -0.15) is 0 Å². The highest BCUT2D eigenvalue weighted by Crippen LogP contribution is 2.13. The van der Waals surface area contributed by atoms with Gasteiger partial charge in [-0.15, -0.1) is 0 Å². The monoisotopic (exact) mass is 242 g/mol. The molecule has 0 radical (unpaired) electrons. The minimum atomic E-state index is -3.36. The van der Waals surface area contributed by atoms with Crippen LogP contribution in [0, 0.1) is 0 Å². The molecule has 1 aromatic rings. The standard InChI is InChI=1S/C11H18N2O2S/c1-3-10-4-6-11(7-5-10)13-16(14,15)9(2)8-12/h4-7,9,13H,3,8,12H2,1-2H3. The summed E-state index contributed by atoms with van der Waals surface area (Å²) < 4.78 is 25.9. The topological polar surface area (TPSA) is 72.2 Å². The van der Waals surface area contributed by atoms with Gasteiger partial charge in [0.2, 0.25) is 10.0 Å². The first kappa shape index (κ1) is 13.0. The van der Waals surface area contributed by atoms with Crippen molar-refractivity contribution in [3.05, 3.63) is 29.8 Å². The highest BCUT2D eigenvalue weighted by atomic mass is 32.2. The zero-order chi connectivity index (χ0) is 12.2. The van der Waals surface area contributed by atoms with Crippen LogP contribution in [0.3, 0.4) is 0 Å². The molecule has 1 rings (SSSR count). The molecule has 1 unspecified atom stereocenters. The minimum Gasteiger partial charge on any atom is -0.329 e. The molecule has 0 aromatic heterocycles. The number of anilines is 1. The maximum Gasteiger partial charge on any atom is 0.236 e. The maximum atomic E-state index is 11.7. The number of sulfonamides is 1. The zero-order valence-corrected chi connectivity index (χ0v) is 10.4. The van der Waals surface area contributed by atoms with Gasteiger partial charge in [-0.3, -0.25) is 4.72 Å². The summed E-state index contributed by atoms with van der Waals surface area (Å²) in [7, 11) is -3.36. The zero-order valence-electron chi connectivity index (χ0n) is 9.60. The molecule has 0 bridgehead atoms. The predicted molar refractivity (Wildman–Crippen MR) is 66.9 cm³/mol. The number of rotatable bonds is 5. The minimum absolute atomic E-state index is 0.113. The molecule has 0 saturated carbocycles. The van der Waals surface area contributed by atoms with Crippen LogP contribution < -0.4 is 10.5 Å². The van der Waals surface area contributed by atoms with E-state index in [0.29, 0.717) is 5.69 Å². The van der Waals surface area contributed by atoms with E-state index in [1.807, 2.05) is 12.1 Å². The summed E-state index contributed by atoms with van der Waals surface area (Å²) in [5.74, 6) is 0. The van der Waals surface area contributed by atoms with E-state index in [-0.39, 0.29) is 6.54 Å². The van der Waals surface area contributed by atoms with Crippen molar-refractivity contribution in [1.29, 1.82) is 0 Å². The quantitative estimate of drug-likeness (QED) is 0.818. The normalized spacial score (nSPS) is 13.4. The summed E-state index contributed by atoms with van der Waals surface area (Å²) in [5.41, 5.74) is 7.10. The second-order valence-corrected chi connectivity index (χ2v) is 5.84. The Morgan fingerprint density at radius 1 is 1.31 bits per heavy atom. The Morgan fingerprint density at radius 3 is 2.31 bits per heavy atom. The van der Waals surface area contributed by atoms with Crippen molar-refractivity contribution in [3.8, 4) is 0 Å². The molecule has 90 valence electrons. The lowest BCUT2D eigenvalue weighted by molar-refractivity contribution is 0.589. The number of benzene rings is 1. The molecule has 0 saturated heterocycles. The highest BCUT2D eigenvalue weighted by Gasteiger charge is 2.18. The van der Waals surface area contributed by atoms with E-state index in [1.165, 1.54) is 5.56 Å². The third-order valence-corrected chi connectivity index (χ3v) is 4.26. The first-order valence-corrected chi connectivity index (χ1v) is 6.85. The van der Waals surface area contributed by atoms with Crippen LogP contribution in [0.15, 0.2) is 24.3 Å². The van der Waals surface area contributed by atoms with Crippen molar-refractivity contribution in [2.75, 3.05) is 11.3 Å². The molecule has 3 N–H and O–H groups in total. The van der Waals surface area contributed by atoms with Crippen molar-refractivity contribution in [1.82, 2.24) is 0 Å². The third kappa shape index (κ3) is 3.21. The number of aryl methyl sites for hydroxylation is 1. The van der Waals surface area contributed by atoms with Gasteiger partial charge >= 0.3 is 0 Å². The van der Waals surface area contributed by atoms with E-state index >= 15 is 0 Å². The molecule has 4 nitrogen and oxygen atoms in total. The summed E-state index contributed by atoms with van der Waals surface area (Å²) in [4.78, 5) is 0. The molecule has 0 heterocycles. The van der Waals surface area contributed by atoms with Crippen LogP contribution in [-0.4, -0.2) is 20.2 Å². The Labute approximate surface area is 96.9 Å². The second-order valence-electron chi connectivity index (χ2n) is 3.74. The highest BCUT2D eigenvalue weighted by molar-refractivity contribution is 7.93. The molecule has 1 aromatic carbocycles. The van der Waals surface area contributed by atoms with E-state index in [1.54, 1.807) is 19.1 Å². The van der Waals surface area contributed by atoms with Crippen molar-refractivity contribution in [2.24, 2.45) is 5.73 Å². The Kier molecular flexibility index (Phi) is 4.32. The van der Waals surface area contributed by atoms with Gasteiger partial charge in [-0.05, 0) is 31.0 Å². The molecule has 16 heavy (non-hydrogen) atoms. The Bertz CT molecular complexity index is 426. The van der Waals surface area contributed by atoms with Gasteiger partial charge in [0.25, 0.3) is 0 Å². The SMILES string of the molecule is CCc1ccc(NS(=O)(=O)C(C)CN)cc1. The van der Waals surface area contributed by atoms with Crippen LogP contribution in [0.5, 0.6) is 0 Å². The van der Waals surface area contributed by atoms with E-state index in [0.717, 1.165) is 6.42 Å². The van der Waals surface area contributed by atoms with Gasteiger partial charge in [-0.25, -0.2) is 8.42 Å². The van der Waals surface area contributed by atoms with E-state index in [2.05, 4.69) is 11.6 Å². The fourth-order valence-electron chi connectivity index (χ4n) is 1.20. The molecule has 1 atom stereocenters. The van der Waals surface area contributed by atoms with E-state index in [4.69, 9.17) is 5.73 Å². The summed E-state index contributed by atoms with van der Waals surface area (Å²) in [6.45, 7) is 3.75. The molecule has 0 aliphatic rings. The number of nitrogens with two attached hydrogens (primary N) is 1. The van der Waals surface area contributed by atoms with E-state index < -0.39 is 15.3 Å². The van der Waals surface area contributed by atoms with Crippen molar-refractivity contribution >= 4 is 15.7 Å². The number of nitrogens with one attached hydrogen (secondary N) is 1.